The Morgan fingerprint density at radius 3 is 2.96 bits per heavy atom. The van der Waals surface area contributed by atoms with Crippen LogP contribution >= 0.6 is 11.8 Å². The van der Waals surface area contributed by atoms with Crippen LogP contribution in [0.1, 0.15) is 32.1 Å². The number of hydrogen-bond donors (Lipinski definition) is 1. The topological polar surface area (TPSA) is 65.4 Å². The lowest BCUT2D eigenvalue weighted by Crippen LogP contribution is -2.62. The molecule has 1 saturated carbocycles. The van der Waals surface area contributed by atoms with E-state index in [0.29, 0.717) is 6.42 Å². The van der Waals surface area contributed by atoms with Gasteiger partial charge in [0.05, 0.1) is 18.6 Å². The smallest absolute Gasteiger partial charge is 0.228 e. The number of carbonyl (C=O) groups excluding carboxylic acids is 1. The third-order valence-corrected chi connectivity index (χ3v) is 7.02. The Bertz CT molecular complexity index is 584. The van der Waals surface area contributed by atoms with E-state index < -0.39 is 0 Å². The molecule has 0 aromatic carbocycles. The molecule has 4 aliphatic rings. The highest BCUT2D eigenvalue weighted by Gasteiger charge is 2.56. The maximum atomic E-state index is 12.7. The zero-order valence-corrected chi connectivity index (χ0v) is 14.9. The molecule has 24 heavy (non-hydrogen) atoms. The number of nitrogens with zero attached hydrogens (tertiary/aromatic N) is 3. The van der Waals surface area contributed by atoms with Crippen molar-refractivity contribution in [3.63, 3.8) is 0 Å². The first-order valence-corrected chi connectivity index (χ1v) is 9.68. The van der Waals surface area contributed by atoms with Gasteiger partial charge < -0.3 is 19.6 Å². The number of rotatable bonds is 3. The van der Waals surface area contributed by atoms with Gasteiger partial charge in [0.25, 0.3) is 0 Å². The van der Waals surface area contributed by atoms with E-state index in [2.05, 4.69) is 15.3 Å². The molecule has 4 rings (SSSR count). The number of hydrogen-bond acceptors (Lipinski definition) is 6. The first-order valence-electron chi connectivity index (χ1n) is 8.80. The first kappa shape index (κ1) is 16.4. The van der Waals surface area contributed by atoms with Crippen molar-refractivity contribution in [3.8, 4) is 0 Å². The highest BCUT2D eigenvalue weighted by atomic mass is 32.2. The van der Waals surface area contributed by atoms with Crippen molar-refractivity contribution >= 4 is 22.8 Å². The molecule has 0 aromatic heterocycles. The molecule has 1 N–H and O–H groups in total. The molecule has 3 heterocycles. The van der Waals surface area contributed by atoms with Crippen LogP contribution in [0.3, 0.4) is 0 Å². The molecule has 1 spiro atoms. The predicted octanol–water partition coefficient (Wildman–Crippen LogP) is 1.41. The van der Waals surface area contributed by atoms with E-state index >= 15 is 0 Å². The second kappa shape index (κ2) is 6.35. The quantitative estimate of drug-likeness (QED) is 0.833. The van der Waals surface area contributed by atoms with Crippen LogP contribution in [0.2, 0.25) is 0 Å². The molecule has 1 aliphatic carbocycles. The molecule has 1 saturated heterocycles. The molecule has 7 heteroatoms. The van der Waals surface area contributed by atoms with Crippen LogP contribution in [-0.2, 0) is 9.53 Å². The van der Waals surface area contributed by atoms with Gasteiger partial charge in [0.2, 0.25) is 5.91 Å². The number of amidine groups is 1. The molecule has 132 valence electrons. The van der Waals surface area contributed by atoms with E-state index in [1.54, 1.807) is 18.9 Å². The maximum Gasteiger partial charge on any atom is 0.228 e. The van der Waals surface area contributed by atoms with E-state index in [9.17, 15) is 9.90 Å². The fraction of sp³-hybridized carbons (Fsp3) is 0.765. The van der Waals surface area contributed by atoms with Gasteiger partial charge in [-0.15, -0.1) is 0 Å². The minimum absolute atomic E-state index is 0.124. The lowest BCUT2D eigenvalue weighted by Gasteiger charge is -2.56. The number of aliphatic imine (C=N–C) groups is 1. The number of methoxy groups -OCH3 is 1. The Kier molecular flexibility index (Phi) is 4.34. The minimum Gasteiger partial charge on any atom is -0.392 e. The monoisotopic (exact) mass is 351 g/mol. The van der Waals surface area contributed by atoms with Crippen molar-refractivity contribution < 1.29 is 14.6 Å². The molecule has 0 unspecified atom stereocenters. The summed E-state index contributed by atoms with van der Waals surface area (Å²) >= 11 is 1.63. The van der Waals surface area contributed by atoms with E-state index in [1.165, 1.54) is 0 Å². The Morgan fingerprint density at radius 2 is 2.25 bits per heavy atom. The average molecular weight is 351 g/mol. The van der Waals surface area contributed by atoms with Crippen LogP contribution in [0.5, 0.6) is 0 Å². The Morgan fingerprint density at radius 1 is 1.46 bits per heavy atom. The second-order valence-corrected chi connectivity index (χ2v) is 8.00. The number of piperidine rings is 1. The number of aliphatic hydroxyl groups excluding tert-OH is 1. The second-order valence-electron chi connectivity index (χ2n) is 7.16. The van der Waals surface area contributed by atoms with Crippen LogP contribution in [-0.4, -0.2) is 71.5 Å². The van der Waals surface area contributed by atoms with E-state index in [-0.39, 0.29) is 23.5 Å². The number of carbonyl (C=O) groups is 1. The summed E-state index contributed by atoms with van der Waals surface area (Å²) in [7, 11) is 1.72. The van der Waals surface area contributed by atoms with Crippen molar-refractivity contribution in [1.82, 2.24) is 9.80 Å². The third-order valence-electron chi connectivity index (χ3n) is 6.07. The summed E-state index contributed by atoms with van der Waals surface area (Å²) < 4.78 is 5.52. The number of likely N-dealkylation sites (tertiary alicyclic amines) is 1. The number of aliphatic hydroxyl groups is 1. The summed E-state index contributed by atoms with van der Waals surface area (Å²) in [6.07, 6.45) is 3.77. The lowest BCUT2D eigenvalue weighted by atomic mass is 9.58. The van der Waals surface area contributed by atoms with Crippen LogP contribution in [0, 0.1) is 5.41 Å². The normalized spacial score (nSPS) is 31.4. The Balaban J connectivity index is 1.34. The fourth-order valence-corrected chi connectivity index (χ4v) is 5.38. The number of amides is 1. The zero-order valence-electron chi connectivity index (χ0n) is 14.1. The minimum atomic E-state index is -0.277. The molecule has 2 atom stereocenters. The molecule has 2 fully saturated rings. The zero-order chi connectivity index (χ0) is 16.7. The summed E-state index contributed by atoms with van der Waals surface area (Å²) in [6, 6.07) is 0. The van der Waals surface area contributed by atoms with Gasteiger partial charge in [0.1, 0.15) is 0 Å². The summed E-state index contributed by atoms with van der Waals surface area (Å²) in [5, 5.41) is 13.3. The number of thioether (sulfide) groups is 1. The Hall–Kier alpha value is -1.05. The van der Waals surface area contributed by atoms with E-state index in [0.717, 1.165) is 62.7 Å². The van der Waals surface area contributed by atoms with Crippen LogP contribution in [0.4, 0.5) is 0 Å². The molecular formula is C17H25N3O3S. The maximum absolute atomic E-state index is 12.7. The molecule has 0 aromatic rings. The molecule has 0 bridgehead atoms. The average Bonchev–Trinajstić information content (AvgIpc) is 3.02. The predicted molar refractivity (Wildman–Crippen MR) is 93.6 cm³/mol. The summed E-state index contributed by atoms with van der Waals surface area (Å²) in [5.41, 5.74) is 0.961. The molecule has 1 amide bonds. The van der Waals surface area contributed by atoms with Gasteiger partial charge in [-0.05, 0) is 24.7 Å². The van der Waals surface area contributed by atoms with Gasteiger partial charge in [0, 0.05) is 50.8 Å². The van der Waals surface area contributed by atoms with E-state index in [1.807, 2.05) is 4.90 Å². The van der Waals surface area contributed by atoms with Gasteiger partial charge in [-0.25, -0.2) is 0 Å². The summed E-state index contributed by atoms with van der Waals surface area (Å²) in [4.78, 5) is 21.3. The van der Waals surface area contributed by atoms with Gasteiger partial charge in [-0.1, -0.05) is 11.8 Å². The summed E-state index contributed by atoms with van der Waals surface area (Å²) in [5.74, 6) is 0.186. The molecule has 3 aliphatic heterocycles. The van der Waals surface area contributed by atoms with Crippen LogP contribution in [0.25, 0.3) is 0 Å². The van der Waals surface area contributed by atoms with E-state index in [4.69, 9.17) is 4.74 Å². The van der Waals surface area contributed by atoms with Crippen molar-refractivity contribution in [2.45, 2.75) is 44.3 Å². The van der Waals surface area contributed by atoms with Crippen molar-refractivity contribution in [3.05, 3.63) is 11.1 Å². The SMILES string of the molecule is CO[C@@H]1C[C@H](O)C12CCN(C(=O)CC1=CSC3=NCCCN13)CC2. The molecule has 6 nitrogen and oxygen atoms in total. The van der Waals surface area contributed by atoms with Gasteiger partial charge >= 0.3 is 0 Å². The third kappa shape index (κ3) is 2.57. The fourth-order valence-electron chi connectivity index (χ4n) is 4.42. The molecular weight excluding hydrogens is 326 g/mol. The highest BCUT2D eigenvalue weighted by Crippen LogP contribution is 2.50. The lowest BCUT2D eigenvalue weighted by molar-refractivity contribution is -0.202. The van der Waals surface area contributed by atoms with Gasteiger partial charge in [-0.3, -0.25) is 9.79 Å². The van der Waals surface area contributed by atoms with Gasteiger partial charge in [-0.2, -0.15) is 0 Å². The van der Waals surface area contributed by atoms with Crippen LogP contribution in [0.15, 0.2) is 16.1 Å². The molecule has 0 radical (unpaired) electrons. The van der Waals surface area contributed by atoms with Crippen LogP contribution < -0.4 is 0 Å². The number of ether oxygens (including phenoxy) is 1. The first-order chi connectivity index (χ1) is 11.6. The van der Waals surface area contributed by atoms with Crippen molar-refractivity contribution in [2.24, 2.45) is 10.4 Å². The highest BCUT2D eigenvalue weighted by molar-refractivity contribution is 8.16. The van der Waals surface area contributed by atoms with Crippen molar-refractivity contribution in [1.29, 1.82) is 0 Å². The Labute approximate surface area is 146 Å². The van der Waals surface area contributed by atoms with Gasteiger partial charge in [0.15, 0.2) is 5.17 Å². The summed E-state index contributed by atoms with van der Waals surface area (Å²) in [6.45, 7) is 3.30. The largest absolute Gasteiger partial charge is 0.392 e. The standard InChI is InChI=1S/C17H25N3O3S/c1-23-14-10-13(21)17(14)3-7-19(8-4-17)15(22)9-12-11-24-16-18-5-2-6-20(12)16/h11,13-14,21H,2-10H2,1H3/t13-,14+/m0/s1. The number of fused-ring (bicyclic) bond motifs is 1. The van der Waals surface area contributed by atoms with Crippen molar-refractivity contribution in [2.75, 3.05) is 33.3 Å².